The van der Waals surface area contributed by atoms with Crippen molar-refractivity contribution in [2.24, 2.45) is 22.7 Å². The van der Waals surface area contributed by atoms with Crippen molar-refractivity contribution in [2.75, 3.05) is 4.90 Å². The van der Waals surface area contributed by atoms with Crippen molar-refractivity contribution in [2.45, 2.75) is 46.0 Å². The Labute approximate surface area is 231 Å². The van der Waals surface area contributed by atoms with Crippen molar-refractivity contribution < 1.29 is 14.4 Å². The number of ketones is 1. The summed E-state index contributed by atoms with van der Waals surface area (Å²) in [5.74, 6) is -2.30. The number of rotatable bonds is 4. The summed E-state index contributed by atoms with van der Waals surface area (Å²) < 4.78 is 0. The number of aryl methyl sites for hydroxylation is 1. The fourth-order valence-corrected chi connectivity index (χ4v) is 9.50. The van der Waals surface area contributed by atoms with Gasteiger partial charge < -0.3 is 0 Å². The number of allylic oxidation sites excluding steroid dienone is 2. The van der Waals surface area contributed by atoms with Gasteiger partial charge in [0.1, 0.15) is 11.1 Å². The molecule has 1 aliphatic heterocycles. The topological polar surface area (TPSA) is 78.2 Å². The van der Waals surface area contributed by atoms with Crippen LogP contribution in [0.3, 0.4) is 0 Å². The van der Waals surface area contributed by atoms with Gasteiger partial charge in [-0.25, -0.2) is 4.90 Å². The highest BCUT2D eigenvalue weighted by Gasteiger charge is 2.80. The van der Waals surface area contributed by atoms with Gasteiger partial charge in [-0.05, 0) is 66.9 Å². The summed E-state index contributed by atoms with van der Waals surface area (Å²) in [6.45, 7) is 3.84. The van der Waals surface area contributed by atoms with E-state index >= 15 is 0 Å². The van der Waals surface area contributed by atoms with Crippen LogP contribution in [0.2, 0.25) is 0 Å². The molecular weight excluding hydrogens is 504 g/mol. The normalized spacial score (nSPS) is 29.2. The monoisotopic (exact) mass is 532 g/mol. The molecule has 3 aliphatic carbocycles. The van der Waals surface area contributed by atoms with Crippen molar-refractivity contribution in [3.63, 3.8) is 0 Å². The first-order valence-electron chi connectivity index (χ1n) is 13.7. The Balaban J connectivity index is 1.48. The fourth-order valence-electron chi connectivity index (χ4n) is 8.15. The number of Topliss-reactive ketones (excluding diaryl/α,β-unsaturated/α-hetero) is 1. The number of nitrogens with zero attached hydrogens (tertiary/aromatic N) is 2. The molecule has 2 aromatic carbocycles. The van der Waals surface area contributed by atoms with Gasteiger partial charge in [-0.3, -0.25) is 14.4 Å². The lowest BCUT2D eigenvalue weighted by atomic mass is 9.62. The smallest absolute Gasteiger partial charge is 0.239 e. The summed E-state index contributed by atoms with van der Waals surface area (Å²) >= 11 is 1.42. The summed E-state index contributed by atoms with van der Waals surface area (Å²) in [4.78, 5) is 45.9. The molecule has 2 fully saturated rings. The van der Waals surface area contributed by atoms with Gasteiger partial charge in [0.15, 0.2) is 5.78 Å². The van der Waals surface area contributed by atoms with Gasteiger partial charge in [-0.2, -0.15) is 5.26 Å². The molecule has 4 atom stereocenters. The molecule has 1 saturated carbocycles. The number of benzene rings is 2. The number of hydrogen-bond donors (Lipinski definition) is 0. The number of carbonyl (C=O) groups is 3. The van der Waals surface area contributed by atoms with Crippen LogP contribution in [0.4, 0.5) is 5.00 Å². The second-order valence-corrected chi connectivity index (χ2v) is 12.4. The van der Waals surface area contributed by atoms with E-state index in [2.05, 4.69) is 6.07 Å². The highest BCUT2D eigenvalue weighted by atomic mass is 32.1. The maximum absolute atomic E-state index is 14.6. The molecule has 39 heavy (non-hydrogen) atoms. The van der Waals surface area contributed by atoms with Crippen LogP contribution in [0, 0.1) is 34.0 Å². The second kappa shape index (κ2) is 8.34. The molecule has 6 heteroatoms. The van der Waals surface area contributed by atoms with Crippen molar-refractivity contribution in [1.29, 1.82) is 5.26 Å². The molecule has 5 nitrogen and oxygen atoms in total. The van der Waals surface area contributed by atoms with E-state index < -0.39 is 22.7 Å². The minimum atomic E-state index is -1.15. The highest BCUT2D eigenvalue weighted by Crippen LogP contribution is 2.74. The summed E-state index contributed by atoms with van der Waals surface area (Å²) in [6.07, 6.45) is 4.13. The zero-order chi connectivity index (χ0) is 27.1. The van der Waals surface area contributed by atoms with Crippen LogP contribution in [0.5, 0.6) is 0 Å². The minimum absolute atomic E-state index is 0.0301. The van der Waals surface area contributed by atoms with Crippen molar-refractivity contribution in [3.8, 4) is 6.07 Å². The van der Waals surface area contributed by atoms with E-state index in [-0.39, 0.29) is 17.6 Å². The Kier molecular flexibility index (Phi) is 5.18. The largest absolute Gasteiger partial charge is 0.298 e. The molecule has 4 unspecified atom stereocenters. The number of fused-ring (bicyclic) bond motifs is 6. The van der Waals surface area contributed by atoms with Crippen molar-refractivity contribution >= 4 is 45.1 Å². The number of imide groups is 1. The molecule has 2 heterocycles. The van der Waals surface area contributed by atoms with Crippen LogP contribution < -0.4 is 4.90 Å². The summed E-state index contributed by atoms with van der Waals surface area (Å²) in [6, 6.07) is 22.0. The summed E-state index contributed by atoms with van der Waals surface area (Å²) in [5, 5.41) is 10.6. The summed E-state index contributed by atoms with van der Waals surface area (Å²) in [7, 11) is 0. The van der Waals surface area contributed by atoms with Gasteiger partial charge in [-0.15, -0.1) is 11.3 Å². The minimum Gasteiger partial charge on any atom is -0.298 e. The third-order valence-electron chi connectivity index (χ3n) is 9.70. The lowest BCUT2D eigenvalue weighted by Gasteiger charge is -2.37. The van der Waals surface area contributed by atoms with Crippen LogP contribution in [-0.4, -0.2) is 17.6 Å². The molecule has 7 rings (SSSR count). The average Bonchev–Trinajstić information content (AvgIpc) is 3.59. The lowest BCUT2D eigenvalue weighted by Crippen LogP contribution is -2.41. The van der Waals surface area contributed by atoms with Gasteiger partial charge in [-0.1, -0.05) is 67.6 Å². The number of nitriles is 1. The number of hydrogen-bond acceptors (Lipinski definition) is 5. The quantitative estimate of drug-likeness (QED) is 0.374. The van der Waals surface area contributed by atoms with E-state index in [1.165, 1.54) is 16.2 Å². The number of carbonyl (C=O) groups excluding carboxylic acids is 3. The fraction of sp³-hybridized carbons (Fsp3) is 0.333. The molecule has 0 N–H and O–H groups in total. The first-order chi connectivity index (χ1) is 18.9. The number of anilines is 1. The van der Waals surface area contributed by atoms with E-state index in [0.29, 0.717) is 17.0 Å². The molecule has 4 aliphatic rings. The number of amides is 2. The second-order valence-electron chi connectivity index (χ2n) is 11.3. The SMILES string of the molecule is CCC12C(=O)C(C)(C(c3ccccc3)=C1c1ccccc1)C1C(=O)N(c3sc4c(c3C#N)CCCC4)C(=O)C12. The van der Waals surface area contributed by atoms with Gasteiger partial charge in [0.25, 0.3) is 0 Å². The zero-order valence-corrected chi connectivity index (χ0v) is 22.8. The number of thiophene rings is 1. The molecule has 0 radical (unpaired) electrons. The van der Waals surface area contributed by atoms with Crippen LogP contribution >= 0.6 is 11.3 Å². The Bertz CT molecular complexity index is 1650. The van der Waals surface area contributed by atoms with Crippen LogP contribution in [-0.2, 0) is 27.2 Å². The van der Waals surface area contributed by atoms with E-state index in [0.717, 1.165) is 58.4 Å². The molecule has 1 saturated heterocycles. The van der Waals surface area contributed by atoms with Crippen LogP contribution in [0.25, 0.3) is 11.1 Å². The Hall–Kier alpha value is -3.82. The van der Waals surface area contributed by atoms with Crippen LogP contribution in [0.15, 0.2) is 60.7 Å². The van der Waals surface area contributed by atoms with Gasteiger partial charge >= 0.3 is 0 Å². The Morgan fingerprint density at radius 2 is 1.49 bits per heavy atom. The van der Waals surface area contributed by atoms with Gasteiger partial charge in [0.2, 0.25) is 11.8 Å². The molecule has 2 bridgehead atoms. The van der Waals surface area contributed by atoms with E-state index in [1.807, 2.05) is 74.5 Å². The van der Waals surface area contributed by atoms with E-state index in [1.54, 1.807) is 0 Å². The Morgan fingerprint density at radius 3 is 2.10 bits per heavy atom. The van der Waals surface area contributed by atoms with Crippen molar-refractivity contribution in [1.82, 2.24) is 0 Å². The maximum Gasteiger partial charge on any atom is 0.239 e. The first-order valence-corrected chi connectivity index (χ1v) is 14.6. The van der Waals surface area contributed by atoms with Gasteiger partial charge in [0.05, 0.1) is 28.2 Å². The zero-order valence-electron chi connectivity index (χ0n) is 22.0. The predicted molar refractivity (Wildman–Crippen MR) is 151 cm³/mol. The highest BCUT2D eigenvalue weighted by molar-refractivity contribution is 7.17. The molecule has 3 aromatic rings. The molecular formula is C33H28N2O3S. The van der Waals surface area contributed by atoms with Gasteiger partial charge in [0, 0.05) is 4.88 Å². The van der Waals surface area contributed by atoms with Crippen molar-refractivity contribution in [3.05, 3.63) is 87.8 Å². The maximum atomic E-state index is 14.6. The van der Waals surface area contributed by atoms with E-state index in [4.69, 9.17) is 0 Å². The molecule has 1 aromatic heterocycles. The van der Waals surface area contributed by atoms with Crippen LogP contribution in [0.1, 0.15) is 60.2 Å². The first kappa shape index (κ1) is 24.2. The standard InChI is InChI=1S/C33H28N2O3S/c1-3-33-25(20-14-8-5-9-15-20)24(19-12-6-4-7-13-19)32(2,31(33)38)26-27(33)29(37)35(28(26)36)30-22(18-34)21-16-10-11-17-23(21)39-30/h4-9,12-15,26-27H,3,10-11,16-17H2,1-2H3. The van der Waals surface area contributed by atoms with E-state index in [9.17, 15) is 19.6 Å². The lowest BCUT2D eigenvalue weighted by molar-refractivity contribution is -0.134. The molecule has 0 spiro atoms. The molecule has 194 valence electrons. The third-order valence-corrected chi connectivity index (χ3v) is 11.0. The summed E-state index contributed by atoms with van der Waals surface area (Å²) in [5.41, 5.74) is 2.74. The Morgan fingerprint density at radius 1 is 0.897 bits per heavy atom. The third kappa shape index (κ3) is 2.81. The molecule has 2 amide bonds. The average molecular weight is 533 g/mol. The predicted octanol–water partition coefficient (Wildman–Crippen LogP) is 6.21.